The van der Waals surface area contributed by atoms with Crippen LogP contribution in [0.2, 0.25) is 5.02 Å². The molecule has 1 heterocycles. The summed E-state index contributed by atoms with van der Waals surface area (Å²) in [5, 5.41) is -2.68. The van der Waals surface area contributed by atoms with Gasteiger partial charge < -0.3 is 14.3 Å². The minimum atomic E-state index is -4.83. The Morgan fingerprint density at radius 1 is 1.32 bits per heavy atom. The monoisotopic (exact) mass is 368 g/mol. The van der Waals surface area contributed by atoms with Crippen molar-refractivity contribution in [2.75, 3.05) is 7.11 Å². The lowest BCUT2D eigenvalue weighted by atomic mass is 9.87. The summed E-state index contributed by atoms with van der Waals surface area (Å²) >= 11 is 5.84. The van der Waals surface area contributed by atoms with Crippen LogP contribution in [-0.4, -0.2) is 22.1 Å². The Labute approximate surface area is 134 Å². The van der Waals surface area contributed by atoms with Gasteiger partial charge >= 0.3 is 15.2 Å². The van der Waals surface area contributed by atoms with Gasteiger partial charge in [0.25, 0.3) is 0 Å². The molecule has 6 nitrogen and oxygen atoms in total. The number of hydrogen-bond acceptors (Lipinski definition) is 4. The molecule has 124 valence electrons. The molecule has 1 fully saturated rings. The predicted molar refractivity (Wildman–Crippen MR) is 84.1 cm³/mol. The highest BCUT2D eigenvalue weighted by molar-refractivity contribution is 7.59. The summed E-state index contributed by atoms with van der Waals surface area (Å²) in [5.74, 6) is -0.757. The van der Waals surface area contributed by atoms with Crippen molar-refractivity contribution < 1.29 is 28.0 Å². The van der Waals surface area contributed by atoms with E-state index in [-0.39, 0.29) is 5.56 Å². The van der Waals surface area contributed by atoms with E-state index in [1.807, 2.05) is 0 Å². The zero-order chi connectivity index (χ0) is 17.0. The molecule has 1 aliphatic rings. The molecule has 1 saturated heterocycles. The maximum atomic E-state index is 12.9. The first kappa shape index (κ1) is 18.2. The fraction of sp³-hybridized carbons (Fsp3) is 0.538. The first-order valence-electron chi connectivity index (χ1n) is 6.60. The molecule has 1 aliphatic heterocycles. The van der Waals surface area contributed by atoms with Crippen LogP contribution in [0, 0.1) is 5.92 Å². The second-order valence-corrected chi connectivity index (χ2v) is 10.8. The van der Waals surface area contributed by atoms with Gasteiger partial charge in [-0.3, -0.25) is 13.7 Å². The van der Waals surface area contributed by atoms with Crippen LogP contribution >= 0.6 is 26.8 Å². The van der Waals surface area contributed by atoms with Gasteiger partial charge in [0, 0.05) is 18.1 Å². The predicted octanol–water partition coefficient (Wildman–Crippen LogP) is 3.95. The second-order valence-electron chi connectivity index (χ2n) is 5.89. The molecular weight excluding hydrogens is 350 g/mol. The topological polar surface area (TPSA) is 93.1 Å². The molecule has 1 aromatic rings. The lowest BCUT2D eigenvalue weighted by Crippen LogP contribution is -2.37. The molecule has 0 amide bonds. The van der Waals surface area contributed by atoms with Crippen molar-refractivity contribution in [2.24, 2.45) is 5.92 Å². The van der Waals surface area contributed by atoms with E-state index in [1.165, 1.54) is 31.4 Å². The van der Waals surface area contributed by atoms with E-state index in [4.69, 9.17) is 20.6 Å². The van der Waals surface area contributed by atoms with Crippen LogP contribution in [0.15, 0.2) is 24.3 Å². The molecule has 3 atom stereocenters. The van der Waals surface area contributed by atoms with E-state index in [2.05, 4.69) is 0 Å². The van der Waals surface area contributed by atoms with Crippen molar-refractivity contribution in [3.63, 3.8) is 0 Å². The van der Waals surface area contributed by atoms with Crippen molar-refractivity contribution in [1.29, 1.82) is 0 Å². The fourth-order valence-corrected chi connectivity index (χ4v) is 7.19. The average Bonchev–Trinajstić information content (AvgIpc) is 2.58. The quantitative estimate of drug-likeness (QED) is 0.784. The van der Waals surface area contributed by atoms with Crippen LogP contribution in [-0.2, 0) is 23.5 Å². The average molecular weight is 369 g/mol. The van der Waals surface area contributed by atoms with Crippen molar-refractivity contribution in [3.05, 3.63) is 34.9 Å². The summed E-state index contributed by atoms with van der Waals surface area (Å²) in [5.41, 5.74) is 0.223. The van der Waals surface area contributed by atoms with E-state index in [1.54, 1.807) is 20.8 Å². The van der Waals surface area contributed by atoms with Crippen LogP contribution in [0.25, 0.3) is 0 Å². The maximum absolute atomic E-state index is 12.9. The third-order valence-corrected chi connectivity index (χ3v) is 9.35. The normalized spacial score (nSPS) is 34.8. The highest BCUT2D eigenvalue weighted by Gasteiger charge is 2.71. The summed E-state index contributed by atoms with van der Waals surface area (Å²) in [7, 11) is -7.34. The third kappa shape index (κ3) is 2.33. The Kier molecular flexibility index (Phi) is 4.47. The molecule has 0 aromatic heterocycles. The summed E-state index contributed by atoms with van der Waals surface area (Å²) in [4.78, 5) is 20.0. The van der Waals surface area contributed by atoms with Crippen LogP contribution in [0.5, 0.6) is 0 Å². The van der Waals surface area contributed by atoms with Gasteiger partial charge in [-0.05, 0) is 31.5 Å². The van der Waals surface area contributed by atoms with E-state index < -0.39 is 31.6 Å². The summed E-state index contributed by atoms with van der Waals surface area (Å²) in [6, 6.07) is 5.96. The van der Waals surface area contributed by atoms with Gasteiger partial charge in [-0.1, -0.05) is 30.7 Å². The summed E-state index contributed by atoms with van der Waals surface area (Å²) in [6.45, 7) is 4.84. The molecule has 1 aromatic carbocycles. The number of hydrogen-bond donors (Lipinski definition) is 2. The zero-order valence-electron chi connectivity index (χ0n) is 12.7. The van der Waals surface area contributed by atoms with E-state index in [0.29, 0.717) is 5.02 Å². The zero-order valence-corrected chi connectivity index (χ0v) is 15.2. The van der Waals surface area contributed by atoms with Crippen molar-refractivity contribution in [1.82, 2.24) is 0 Å². The Morgan fingerprint density at radius 2 is 1.82 bits per heavy atom. The highest BCUT2D eigenvalue weighted by atomic mass is 35.5. The third-order valence-electron chi connectivity index (χ3n) is 4.54. The van der Waals surface area contributed by atoms with Crippen molar-refractivity contribution >= 4 is 26.8 Å². The molecule has 3 unspecified atom stereocenters. The Hall–Kier alpha value is -0.190. The first-order chi connectivity index (χ1) is 9.92. The second kappa shape index (κ2) is 5.42. The van der Waals surface area contributed by atoms with Gasteiger partial charge in [0.1, 0.15) is 0 Å². The van der Waals surface area contributed by atoms with Crippen molar-refractivity contribution in [2.45, 2.75) is 31.3 Å². The largest absolute Gasteiger partial charge is 0.362 e. The Bertz CT molecular complexity index is 668. The maximum Gasteiger partial charge on any atom is 0.362 e. The van der Waals surface area contributed by atoms with Crippen LogP contribution in [0.3, 0.4) is 0 Å². The smallest absolute Gasteiger partial charge is 0.322 e. The van der Waals surface area contributed by atoms with E-state index in [0.717, 1.165) is 0 Å². The van der Waals surface area contributed by atoms with Gasteiger partial charge in [-0.15, -0.1) is 0 Å². The SMILES string of the molecule is COP1(=O)OC(c2ccc(Cl)cc2)(P(=O)(O)O)C(C)C1(C)C. The molecule has 0 bridgehead atoms. The van der Waals surface area contributed by atoms with Crippen LogP contribution in [0.4, 0.5) is 0 Å². The molecule has 2 rings (SSSR count). The van der Waals surface area contributed by atoms with Crippen LogP contribution < -0.4 is 0 Å². The standard InChI is InChI=1S/C13H19ClO6P2/c1-9-12(2,3)22(18,19-4)20-13(9,21(15,16)17)10-5-7-11(14)8-6-10/h5-9H,1-4H3,(H2,15,16,17). The van der Waals surface area contributed by atoms with Gasteiger partial charge in [-0.25, -0.2) is 0 Å². The number of benzene rings is 1. The summed E-state index contributed by atoms with van der Waals surface area (Å²) in [6.07, 6.45) is 0. The molecule has 9 heteroatoms. The number of rotatable bonds is 3. The first-order valence-corrected chi connectivity index (χ1v) is 10.1. The molecule has 0 radical (unpaired) electrons. The number of halogens is 1. The van der Waals surface area contributed by atoms with Gasteiger partial charge in [0.2, 0.25) is 5.34 Å². The highest BCUT2D eigenvalue weighted by Crippen LogP contribution is 2.81. The van der Waals surface area contributed by atoms with Gasteiger partial charge in [0.05, 0.1) is 5.16 Å². The lowest BCUT2D eigenvalue weighted by molar-refractivity contribution is 0.0840. The molecule has 22 heavy (non-hydrogen) atoms. The molecule has 0 spiro atoms. The molecule has 0 aliphatic carbocycles. The minimum Gasteiger partial charge on any atom is -0.322 e. The molecule has 2 N–H and O–H groups in total. The Morgan fingerprint density at radius 3 is 2.18 bits per heavy atom. The van der Waals surface area contributed by atoms with E-state index >= 15 is 0 Å². The molecule has 0 saturated carbocycles. The van der Waals surface area contributed by atoms with Crippen molar-refractivity contribution in [3.8, 4) is 0 Å². The van der Waals surface area contributed by atoms with Crippen LogP contribution in [0.1, 0.15) is 26.3 Å². The lowest BCUT2D eigenvalue weighted by Gasteiger charge is -2.34. The molecular formula is C13H19ClO6P2. The Balaban J connectivity index is 2.76. The minimum absolute atomic E-state index is 0.223. The van der Waals surface area contributed by atoms with Gasteiger partial charge in [0.15, 0.2) is 0 Å². The van der Waals surface area contributed by atoms with E-state index in [9.17, 15) is 18.9 Å². The summed E-state index contributed by atoms with van der Waals surface area (Å²) < 4.78 is 35.8. The fourth-order valence-electron chi connectivity index (χ4n) is 2.83. The van der Waals surface area contributed by atoms with Gasteiger partial charge in [-0.2, -0.15) is 0 Å².